The molecule has 0 bridgehead atoms. The van der Waals surface area contributed by atoms with Crippen LogP contribution in [0.2, 0.25) is 0 Å². The number of thiophene rings is 1. The summed E-state index contributed by atoms with van der Waals surface area (Å²) in [4.78, 5) is 0. The first-order valence-corrected chi connectivity index (χ1v) is 7.69. The fourth-order valence-electron chi connectivity index (χ4n) is 1.28. The van der Waals surface area contributed by atoms with E-state index in [1.165, 1.54) is 15.6 Å². The maximum Gasteiger partial charge on any atom is 0.252 e. The fraction of sp³-hybridized carbons (Fsp3) is 0.455. The highest BCUT2D eigenvalue weighted by Crippen LogP contribution is 2.23. The summed E-state index contributed by atoms with van der Waals surface area (Å²) in [7, 11) is -1.80. The maximum atomic E-state index is 12.1. The Morgan fingerprint density at radius 2 is 2.29 bits per heavy atom. The standard InChI is InChI=1S/C11H18N2O2S2/c1-4-6-13(3)17(14,15)11-7-10(9-16-11)8-12-5-2/h4,7,9,12H,1,5-6,8H2,2-3H3. The molecule has 0 atom stereocenters. The normalized spacial score (nSPS) is 11.9. The van der Waals surface area contributed by atoms with Crippen LogP contribution in [-0.2, 0) is 16.6 Å². The Hall–Kier alpha value is -0.690. The summed E-state index contributed by atoms with van der Waals surface area (Å²) in [5.74, 6) is 0. The minimum atomic E-state index is -3.35. The zero-order valence-electron chi connectivity index (χ0n) is 10.1. The van der Waals surface area contributed by atoms with Crippen LogP contribution in [0.4, 0.5) is 0 Å². The predicted molar refractivity (Wildman–Crippen MR) is 71.7 cm³/mol. The van der Waals surface area contributed by atoms with E-state index in [1.807, 2.05) is 12.3 Å². The van der Waals surface area contributed by atoms with Crippen LogP contribution in [0, 0.1) is 0 Å². The van der Waals surface area contributed by atoms with Gasteiger partial charge in [0.1, 0.15) is 4.21 Å². The van der Waals surface area contributed by atoms with Gasteiger partial charge in [-0.2, -0.15) is 4.31 Å². The first-order chi connectivity index (χ1) is 8.02. The van der Waals surface area contributed by atoms with E-state index in [4.69, 9.17) is 0 Å². The van der Waals surface area contributed by atoms with Gasteiger partial charge in [-0.15, -0.1) is 17.9 Å². The summed E-state index contributed by atoms with van der Waals surface area (Å²) in [6.07, 6.45) is 1.57. The molecule has 6 heteroatoms. The fourth-order valence-corrected chi connectivity index (χ4v) is 3.84. The minimum Gasteiger partial charge on any atom is -0.313 e. The SMILES string of the molecule is C=CCN(C)S(=O)(=O)c1cc(CNCC)cs1. The number of nitrogens with zero attached hydrogens (tertiary/aromatic N) is 1. The first kappa shape index (κ1) is 14.4. The molecule has 4 nitrogen and oxygen atoms in total. The van der Waals surface area contributed by atoms with Gasteiger partial charge in [0.15, 0.2) is 0 Å². The quantitative estimate of drug-likeness (QED) is 0.769. The number of nitrogens with one attached hydrogen (secondary N) is 1. The Morgan fingerprint density at radius 3 is 2.88 bits per heavy atom. The van der Waals surface area contributed by atoms with Gasteiger partial charge >= 0.3 is 0 Å². The van der Waals surface area contributed by atoms with Crippen LogP contribution in [0.25, 0.3) is 0 Å². The molecule has 1 N–H and O–H groups in total. The molecule has 0 aliphatic rings. The molecule has 0 saturated carbocycles. The largest absolute Gasteiger partial charge is 0.313 e. The Kier molecular flexibility index (Phi) is 5.32. The molecule has 0 aliphatic carbocycles. The zero-order chi connectivity index (χ0) is 12.9. The lowest BCUT2D eigenvalue weighted by Gasteiger charge is -2.13. The zero-order valence-corrected chi connectivity index (χ0v) is 11.8. The van der Waals surface area contributed by atoms with Crippen LogP contribution in [-0.4, -0.2) is 32.9 Å². The first-order valence-electron chi connectivity index (χ1n) is 5.37. The Bertz CT molecular complexity index is 466. The number of hydrogen-bond donors (Lipinski definition) is 1. The Morgan fingerprint density at radius 1 is 1.59 bits per heavy atom. The molecule has 17 heavy (non-hydrogen) atoms. The van der Waals surface area contributed by atoms with Crippen LogP contribution in [0.3, 0.4) is 0 Å². The molecule has 1 rings (SSSR count). The summed E-state index contributed by atoms with van der Waals surface area (Å²) >= 11 is 1.26. The van der Waals surface area contributed by atoms with Gasteiger partial charge in [-0.05, 0) is 23.6 Å². The van der Waals surface area contributed by atoms with Crippen LogP contribution in [0.5, 0.6) is 0 Å². The van der Waals surface area contributed by atoms with E-state index in [1.54, 1.807) is 19.2 Å². The predicted octanol–water partition coefficient (Wildman–Crippen LogP) is 1.66. The lowest BCUT2D eigenvalue weighted by Crippen LogP contribution is -2.26. The van der Waals surface area contributed by atoms with Crippen LogP contribution in [0.15, 0.2) is 28.3 Å². The van der Waals surface area contributed by atoms with E-state index >= 15 is 0 Å². The molecular formula is C11H18N2O2S2. The second kappa shape index (κ2) is 6.30. The van der Waals surface area contributed by atoms with Crippen molar-refractivity contribution >= 4 is 21.4 Å². The second-order valence-corrected chi connectivity index (χ2v) is 6.81. The summed E-state index contributed by atoms with van der Waals surface area (Å²) in [5.41, 5.74) is 1.00. The second-order valence-electron chi connectivity index (χ2n) is 3.63. The van der Waals surface area contributed by atoms with Gasteiger partial charge in [0.2, 0.25) is 0 Å². The topological polar surface area (TPSA) is 49.4 Å². The van der Waals surface area contributed by atoms with E-state index < -0.39 is 10.0 Å². The highest BCUT2D eigenvalue weighted by atomic mass is 32.2. The monoisotopic (exact) mass is 274 g/mol. The third kappa shape index (κ3) is 3.64. The third-order valence-electron chi connectivity index (χ3n) is 2.26. The summed E-state index contributed by atoms with van der Waals surface area (Å²) in [6, 6.07) is 1.72. The molecule has 96 valence electrons. The number of hydrogen-bond acceptors (Lipinski definition) is 4. The molecule has 0 aromatic carbocycles. The van der Waals surface area contributed by atoms with Gasteiger partial charge < -0.3 is 5.32 Å². The van der Waals surface area contributed by atoms with Crippen molar-refractivity contribution in [3.8, 4) is 0 Å². The Labute approximate surface area is 107 Å². The molecule has 0 fully saturated rings. The summed E-state index contributed by atoms with van der Waals surface area (Å²) in [5, 5.41) is 5.04. The smallest absolute Gasteiger partial charge is 0.252 e. The average Bonchev–Trinajstić information content (AvgIpc) is 2.75. The van der Waals surface area contributed by atoms with Crippen LogP contribution in [0.1, 0.15) is 12.5 Å². The summed E-state index contributed by atoms with van der Waals surface area (Å²) < 4.78 is 25.8. The van der Waals surface area contributed by atoms with E-state index in [9.17, 15) is 8.42 Å². The van der Waals surface area contributed by atoms with Crippen LogP contribution >= 0.6 is 11.3 Å². The molecular weight excluding hydrogens is 256 g/mol. The highest BCUT2D eigenvalue weighted by Gasteiger charge is 2.21. The van der Waals surface area contributed by atoms with Crippen LogP contribution < -0.4 is 5.32 Å². The molecule has 1 aromatic heterocycles. The maximum absolute atomic E-state index is 12.1. The molecule has 0 saturated heterocycles. The van der Waals surface area contributed by atoms with Gasteiger partial charge in [0.05, 0.1) is 0 Å². The van der Waals surface area contributed by atoms with Crippen molar-refractivity contribution in [3.63, 3.8) is 0 Å². The van der Waals surface area contributed by atoms with Crippen molar-refractivity contribution < 1.29 is 8.42 Å². The summed E-state index contributed by atoms with van der Waals surface area (Å²) in [6.45, 7) is 7.45. The van der Waals surface area contributed by atoms with Crippen molar-refractivity contribution in [1.82, 2.24) is 9.62 Å². The van der Waals surface area contributed by atoms with Crippen molar-refractivity contribution in [1.29, 1.82) is 0 Å². The van der Waals surface area contributed by atoms with Gasteiger partial charge in [-0.3, -0.25) is 0 Å². The average molecular weight is 274 g/mol. The van der Waals surface area contributed by atoms with E-state index in [-0.39, 0.29) is 0 Å². The van der Waals surface area contributed by atoms with Crippen molar-refractivity contribution in [3.05, 3.63) is 29.7 Å². The highest BCUT2D eigenvalue weighted by molar-refractivity contribution is 7.91. The molecule has 0 radical (unpaired) electrons. The Balaban J connectivity index is 2.84. The van der Waals surface area contributed by atoms with E-state index in [2.05, 4.69) is 11.9 Å². The van der Waals surface area contributed by atoms with Gasteiger partial charge in [-0.1, -0.05) is 13.0 Å². The number of rotatable bonds is 7. The molecule has 0 spiro atoms. The van der Waals surface area contributed by atoms with Crippen molar-refractivity contribution in [2.45, 2.75) is 17.7 Å². The number of likely N-dealkylation sites (N-methyl/N-ethyl adjacent to an activating group) is 1. The number of sulfonamides is 1. The third-order valence-corrected chi connectivity index (χ3v) is 5.55. The minimum absolute atomic E-state index is 0.322. The molecule has 0 aliphatic heterocycles. The molecule has 0 amide bonds. The lowest BCUT2D eigenvalue weighted by atomic mass is 10.3. The van der Waals surface area contributed by atoms with Gasteiger partial charge in [0.25, 0.3) is 10.0 Å². The van der Waals surface area contributed by atoms with E-state index in [0.717, 1.165) is 12.1 Å². The van der Waals surface area contributed by atoms with Gasteiger partial charge in [0, 0.05) is 20.1 Å². The molecule has 0 unspecified atom stereocenters. The molecule has 1 heterocycles. The lowest BCUT2D eigenvalue weighted by molar-refractivity contribution is 0.501. The molecule has 1 aromatic rings. The van der Waals surface area contributed by atoms with Gasteiger partial charge in [-0.25, -0.2) is 8.42 Å². The van der Waals surface area contributed by atoms with Crippen molar-refractivity contribution in [2.24, 2.45) is 0 Å². The van der Waals surface area contributed by atoms with E-state index in [0.29, 0.717) is 17.3 Å². The van der Waals surface area contributed by atoms with Crippen molar-refractivity contribution in [2.75, 3.05) is 20.1 Å².